The lowest BCUT2D eigenvalue weighted by atomic mass is 9.87. The van der Waals surface area contributed by atoms with Crippen LogP contribution < -0.4 is 10.1 Å². The van der Waals surface area contributed by atoms with Crippen molar-refractivity contribution in [2.45, 2.75) is 45.6 Å². The Hall–Kier alpha value is -2.73. The SMILES string of the molecule is CC(C)(C)c1ccc(OCCCC(=O)NCc2csc(-c3cccnc3)n2)cc1. The Labute approximate surface area is 176 Å². The van der Waals surface area contributed by atoms with Gasteiger partial charge in [-0.05, 0) is 41.7 Å². The molecule has 1 aromatic carbocycles. The molecule has 6 heteroatoms. The fourth-order valence-electron chi connectivity index (χ4n) is 2.76. The summed E-state index contributed by atoms with van der Waals surface area (Å²) in [6.07, 6.45) is 4.63. The minimum Gasteiger partial charge on any atom is -0.494 e. The summed E-state index contributed by atoms with van der Waals surface area (Å²) in [5.41, 5.74) is 3.25. The van der Waals surface area contributed by atoms with E-state index < -0.39 is 0 Å². The molecule has 0 bridgehead atoms. The molecule has 0 fully saturated rings. The molecule has 0 aliphatic carbocycles. The van der Waals surface area contributed by atoms with E-state index in [1.165, 1.54) is 5.56 Å². The van der Waals surface area contributed by atoms with Gasteiger partial charge in [0.25, 0.3) is 0 Å². The molecule has 3 aromatic rings. The lowest BCUT2D eigenvalue weighted by Crippen LogP contribution is -2.23. The van der Waals surface area contributed by atoms with Crippen molar-refractivity contribution in [1.82, 2.24) is 15.3 Å². The molecule has 0 saturated heterocycles. The average Bonchev–Trinajstić information content (AvgIpc) is 3.19. The number of ether oxygens (including phenoxy) is 1. The molecule has 29 heavy (non-hydrogen) atoms. The van der Waals surface area contributed by atoms with E-state index in [2.05, 4.69) is 48.2 Å². The van der Waals surface area contributed by atoms with Gasteiger partial charge in [-0.15, -0.1) is 11.3 Å². The maximum atomic E-state index is 12.1. The zero-order chi connectivity index (χ0) is 20.7. The number of nitrogens with zero attached hydrogens (tertiary/aromatic N) is 2. The summed E-state index contributed by atoms with van der Waals surface area (Å²) >= 11 is 1.55. The fraction of sp³-hybridized carbons (Fsp3) is 0.348. The largest absolute Gasteiger partial charge is 0.494 e. The second kappa shape index (κ2) is 9.65. The molecular weight excluding hydrogens is 382 g/mol. The lowest BCUT2D eigenvalue weighted by molar-refractivity contribution is -0.121. The Morgan fingerprint density at radius 3 is 2.66 bits per heavy atom. The number of aromatic nitrogens is 2. The predicted octanol–water partition coefficient (Wildman–Crippen LogP) is 4.98. The summed E-state index contributed by atoms with van der Waals surface area (Å²) in [5, 5.41) is 5.80. The molecule has 1 N–H and O–H groups in total. The van der Waals surface area contributed by atoms with Gasteiger partial charge in [-0.25, -0.2) is 4.98 Å². The zero-order valence-electron chi connectivity index (χ0n) is 17.1. The molecule has 0 radical (unpaired) electrons. The second-order valence-corrected chi connectivity index (χ2v) is 8.75. The smallest absolute Gasteiger partial charge is 0.220 e. The first-order chi connectivity index (χ1) is 13.9. The van der Waals surface area contributed by atoms with Gasteiger partial charge in [0.1, 0.15) is 10.8 Å². The van der Waals surface area contributed by atoms with Crippen molar-refractivity contribution in [3.63, 3.8) is 0 Å². The highest BCUT2D eigenvalue weighted by molar-refractivity contribution is 7.13. The minimum atomic E-state index is 0.00704. The van der Waals surface area contributed by atoms with Crippen LogP contribution in [0.25, 0.3) is 10.6 Å². The van der Waals surface area contributed by atoms with Crippen molar-refractivity contribution in [3.05, 3.63) is 65.4 Å². The van der Waals surface area contributed by atoms with Crippen LogP contribution in [0.2, 0.25) is 0 Å². The van der Waals surface area contributed by atoms with Crippen LogP contribution in [0.1, 0.15) is 44.9 Å². The number of carbonyl (C=O) groups excluding carboxylic acids is 1. The monoisotopic (exact) mass is 409 g/mol. The second-order valence-electron chi connectivity index (χ2n) is 7.89. The van der Waals surface area contributed by atoms with E-state index in [-0.39, 0.29) is 11.3 Å². The molecule has 152 valence electrons. The van der Waals surface area contributed by atoms with E-state index in [9.17, 15) is 4.79 Å². The maximum Gasteiger partial charge on any atom is 0.220 e. The van der Waals surface area contributed by atoms with Gasteiger partial charge in [-0.1, -0.05) is 32.9 Å². The van der Waals surface area contributed by atoms with Crippen molar-refractivity contribution < 1.29 is 9.53 Å². The molecular formula is C23H27N3O2S. The van der Waals surface area contributed by atoms with E-state index in [0.717, 1.165) is 22.0 Å². The zero-order valence-corrected chi connectivity index (χ0v) is 18.0. The first kappa shape index (κ1) is 21.0. The number of nitrogens with one attached hydrogen (secondary N) is 1. The van der Waals surface area contributed by atoms with E-state index in [0.29, 0.717) is 26.0 Å². The van der Waals surface area contributed by atoms with Crippen LogP contribution in [0.4, 0.5) is 0 Å². The highest BCUT2D eigenvalue weighted by Gasteiger charge is 2.13. The van der Waals surface area contributed by atoms with Gasteiger partial charge in [-0.2, -0.15) is 0 Å². The number of pyridine rings is 1. The molecule has 1 amide bonds. The van der Waals surface area contributed by atoms with Crippen LogP contribution >= 0.6 is 11.3 Å². The van der Waals surface area contributed by atoms with Crippen LogP contribution in [-0.2, 0) is 16.8 Å². The number of thiazole rings is 1. The summed E-state index contributed by atoms with van der Waals surface area (Å²) in [7, 11) is 0. The summed E-state index contributed by atoms with van der Waals surface area (Å²) in [6, 6.07) is 12.0. The first-order valence-corrected chi connectivity index (χ1v) is 10.6. The summed E-state index contributed by atoms with van der Waals surface area (Å²) in [4.78, 5) is 20.7. The van der Waals surface area contributed by atoms with E-state index in [4.69, 9.17) is 4.74 Å². The normalized spacial score (nSPS) is 11.3. The fourth-order valence-corrected chi connectivity index (χ4v) is 3.57. The van der Waals surface area contributed by atoms with Gasteiger partial charge in [0, 0.05) is 29.8 Å². The van der Waals surface area contributed by atoms with Crippen LogP contribution in [-0.4, -0.2) is 22.5 Å². The highest BCUT2D eigenvalue weighted by Crippen LogP contribution is 2.24. The van der Waals surface area contributed by atoms with Crippen LogP contribution in [0, 0.1) is 0 Å². The summed E-state index contributed by atoms with van der Waals surface area (Å²) in [5.74, 6) is 0.844. The highest BCUT2D eigenvalue weighted by atomic mass is 32.1. The van der Waals surface area contributed by atoms with Gasteiger partial charge in [0.2, 0.25) is 5.91 Å². The van der Waals surface area contributed by atoms with E-state index in [1.54, 1.807) is 23.7 Å². The summed E-state index contributed by atoms with van der Waals surface area (Å²) < 4.78 is 5.74. The van der Waals surface area contributed by atoms with Crippen molar-refractivity contribution in [2.24, 2.45) is 0 Å². The number of hydrogen-bond donors (Lipinski definition) is 1. The number of amides is 1. The Bertz CT molecular complexity index is 915. The minimum absolute atomic E-state index is 0.00704. The van der Waals surface area contributed by atoms with Gasteiger partial charge < -0.3 is 10.1 Å². The molecule has 2 heterocycles. The Balaban J connectivity index is 1.36. The lowest BCUT2D eigenvalue weighted by Gasteiger charge is -2.19. The third kappa shape index (κ3) is 6.39. The number of rotatable bonds is 8. The molecule has 0 aliphatic heterocycles. The van der Waals surface area contributed by atoms with Gasteiger partial charge in [0.05, 0.1) is 18.8 Å². The van der Waals surface area contributed by atoms with Gasteiger partial charge >= 0.3 is 0 Å². The van der Waals surface area contributed by atoms with Crippen molar-refractivity contribution in [3.8, 4) is 16.3 Å². The molecule has 2 aromatic heterocycles. The average molecular weight is 410 g/mol. The van der Waals surface area contributed by atoms with Crippen molar-refractivity contribution in [2.75, 3.05) is 6.61 Å². The topological polar surface area (TPSA) is 64.1 Å². The Kier molecular flexibility index (Phi) is 6.99. The number of hydrogen-bond acceptors (Lipinski definition) is 5. The van der Waals surface area contributed by atoms with Gasteiger partial charge in [0.15, 0.2) is 0 Å². The number of benzene rings is 1. The molecule has 5 nitrogen and oxygen atoms in total. The van der Waals surface area contributed by atoms with Crippen LogP contribution in [0.3, 0.4) is 0 Å². The van der Waals surface area contributed by atoms with E-state index >= 15 is 0 Å². The Morgan fingerprint density at radius 2 is 1.97 bits per heavy atom. The first-order valence-electron chi connectivity index (χ1n) is 9.77. The molecule has 0 saturated carbocycles. The van der Waals surface area contributed by atoms with Gasteiger partial charge in [-0.3, -0.25) is 9.78 Å². The Morgan fingerprint density at radius 1 is 1.17 bits per heavy atom. The standard InChI is InChI=1S/C23H27N3O2S/c1-23(2,3)18-8-10-20(11-9-18)28-13-5-7-21(27)25-15-19-16-29-22(26-19)17-6-4-12-24-14-17/h4,6,8-12,14,16H,5,7,13,15H2,1-3H3,(H,25,27). The third-order valence-corrected chi connectivity index (χ3v) is 5.40. The molecule has 0 spiro atoms. The van der Waals surface area contributed by atoms with Crippen molar-refractivity contribution in [1.29, 1.82) is 0 Å². The third-order valence-electron chi connectivity index (χ3n) is 4.46. The van der Waals surface area contributed by atoms with Crippen LogP contribution in [0.5, 0.6) is 5.75 Å². The predicted molar refractivity (Wildman–Crippen MR) is 117 cm³/mol. The maximum absolute atomic E-state index is 12.1. The van der Waals surface area contributed by atoms with E-state index in [1.807, 2.05) is 29.6 Å². The molecule has 0 unspecified atom stereocenters. The van der Waals surface area contributed by atoms with Crippen molar-refractivity contribution >= 4 is 17.2 Å². The number of carbonyl (C=O) groups is 1. The molecule has 0 atom stereocenters. The van der Waals surface area contributed by atoms with Crippen LogP contribution in [0.15, 0.2) is 54.2 Å². The molecule has 0 aliphatic rings. The quantitative estimate of drug-likeness (QED) is 0.533. The summed E-state index contributed by atoms with van der Waals surface area (Å²) in [6.45, 7) is 7.52. The molecule has 3 rings (SSSR count).